The Kier molecular flexibility index (Phi) is 9.97. The third-order valence-corrected chi connectivity index (χ3v) is 7.25. The standard InChI is InChI=1S/C32H36F4O2/c1-3-5-6-7-8-10-28-37-19-24(20-38-28)27-18-17-26(31(35)32(27)36)22-13-11-21(12-14-22)25-16-15-23(9-4-2)29(33)30(25)34/h11-18,24,28H,3-10,19-20H2,1-2H3. The molecule has 4 rings (SSSR count). The van der Waals surface area contributed by atoms with Crippen LogP contribution in [-0.4, -0.2) is 19.5 Å². The van der Waals surface area contributed by atoms with Crippen LogP contribution in [0.2, 0.25) is 0 Å². The fourth-order valence-electron chi connectivity index (χ4n) is 5.01. The van der Waals surface area contributed by atoms with Crippen LogP contribution in [0.5, 0.6) is 0 Å². The lowest BCUT2D eigenvalue weighted by Gasteiger charge is -2.30. The minimum Gasteiger partial charge on any atom is -0.352 e. The number of unbranched alkanes of at least 4 members (excludes halogenated alkanes) is 4. The van der Waals surface area contributed by atoms with Gasteiger partial charge in [-0.05, 0) is 41.5 Å². The summed E-state index contributed by atoms with van der Waals surface area (Å²) in [5.41, 5.74) is 1.71. The molecule has 0 N–H and O–H groups in total. The van der Waals surface area contributed by atoms with Crippen molar-refractivity contribution in [3.05, 3.63) is 82.9 Å². The van der Waals surface area contributed by atoms with Crippen molar-refractivity contribution in [2.75, 3.05) is 13.2 Å². The average Bonchev–Trinajstić information content (AvgIpc) is 2.93. The van der Waals surface area contributed by atoms with Crippen LogP contribution in [0.4, 0.5) is 17.6 Å². The first-order chi connectivity index (χ1) is 18.4. The Morgan fingerprint density at radius 3 is 1.82 bits per heavy atom. The van der Waals surface area contributed by atoms with Gasteiger partial charge < -0.3 is 9.47 Å². The Balaban J connectivity index is 1.43. The molecule has 0 bridgehead atoms. The SMILES string of the molecule is CCCCCCCC1OCC(c2ccc(-c3ccc(-c4ccc(CCC)c(F)c4F)cc3)c(F)c2F)CO1. The third-order valence-electron chi connectivity index (χ3n) is 7.25. The average molecular weight is 529 g/mol. The molecular weight excluding hydrogens is 492 g/mol. The van der Waals surface area contributed by atoms with Crippen molar-refractivity contribution in [2.24, 2.45) is 0 Å². The van der Waals surface area contributed by atoms with Gasteiger partial charge >= 0.3 is 0 Å². The maximum Gasteiger partial charge on any atom is 0.166 e. The summed E-state index contributed by atoms with van der Waals surface area (Å²) in [6.45, 7) is 4.64. The van der Waals surface area contributed by atoms with E-state index in [1.165, 1.54) is 19.3 Å². The molecule has 2 nitrogen and oxygen atoms in total. The first-order valence-corrected chi connectivity index (χ1v) is 13.7. The van der Waals surface area contributed by atoms with Crippen LogP contribution in [0.3, 0.4) is 0 Å². The summed E-state index contributed by atoms with van der Waals surface area (Å²) in [4.78, 5) is 0. The monoisotopic (exact) mass is 528 g/mol. The summed E-state index contributed by atoms with van der Waals surface area (Å²) in [6, 6.07) is 12.6. The molecule has 1 fully saturated rings. The Morgan fingerprint density at radius 1 is 0.632 bits per heavy atom. The summed E-state index contributed by atoms with van der Waals surface area (Å²) in [5.74, 6) is -3.99. The summed E-state index contributed by atoms with van der Waals surface area (Å²) in [6.07, 6.45) is 7.48. The number of hydrogen-bond acceptors (Lipinski definition) is 2. The summed E-state index contributed by atoms with van der Waals surface area (Å²) >= 11 is 0. The van der Waals surface area contributed by atoms with E-state index in [9.17, 15) is 8.78 Å². The van der Waals surface area contributed by atoms with E-state index in [4.69, 9.17) is 9.47 Å². The number of hydrogen-bond donors (Lipinski definition) is 0. The van der Waals surface area contributed by atoms with Gasteiger partial charge in [0.1, 0.15) is 0 Å². The first kappa shape index (κ1) is 28.3. The van der Waals surface area contributed by atoms with Gasteiger partial charge in [-0.1, -0.05) is 94.5 Å². The van der Waals surface area contributed by atoms with Gasteiger partial charge in [-0.15, -0.1) is 0 Å². The highest BCUT2D eigenvalue weighted by Gasteiger charge is 2.27. The van der Waals surface area contributed by atoms with Crippen molar-refractivity contribution in [2.45, 2.75) is 77.4 Å². The second-order valence-electron chi connectivity index (χ2n) is 10.1. The molecule has 0 unspecified atom stereocenters. The number of rotatable bonds is 11. The van der Waals surface area contributed by atoms with Crippen molar-refractivity contribution in [3.8, 4) is 22.3 Å². The molecule has 0 aliphatic carbocycles. The zero-order valence-corrected chi connectivity index (χ0v) is 22.2. The van der Waals surface area contributed by atoms with E-state index < -0.39 is 23.3 Å². The topological polar surface area (TPSA) is 18.5 Å². The quantitative estimate of drug-likeness (QED) is 0.182. The highest BCUT2D eigenvalue weighted by Crippen LogP contribution is 2.34. The van der Waals surface area contributed by atoms with Crippen LogP contribution < -0.4 is 0 Å². The molecule has 6 heteroatoms. The van der Waals surface area contributed by atoms with Gasteiger partial charge in [0.25, 0.3) is 0 Å². The van der Waals surface area contributed by atoms with E-state index in [0.717, 1.165) is 19.3 Å². The van der Waals surface area contributed by atoms with E-state index in [1.807, 2.05) is 6.92 Å². The Labute approximate surface area is 223 Å². The molecule has 38 heavy (non-hydrogen) atoms. The van der Waals surface area contributed by atoms with E-state index in [2.05, 4.69) is 6.92 Å². The summed E-state index contributed by atoms with van der Waals surface area (Å²) in [7, 11) is 0. The third kappa shape index (κ3) is 6.47. The van der Waals surface area contributed by atoms with E-state index in [1.54, 1.807) is 48.5 Å². The molecule has 0 aromatic heterocycles. The normalized spacial score (nSPS) is 17.6. The Hall–Kier alpha value is -2.70. The molecule has 0 amide bonds. The van der Waals surface area contributed by atoms with E-state index in [-0.39, 0.29) is 42.1 Å². The van der Waals surface area contributed by atoms with E-state index >= 15 is 8.78 Å². The zero-order valence-electron chi connectivity index (χ0n) is 22.2. The van der Waals surface area contributed by atoms with Crippen LogP contribution in [0.1, 0.15) is 75.8 Å². The number of halogens is 4. The predicted molar refractivity (Wildman–Crippen MR) is 143 cm³/mol. The number of ether oxygens (including phenoxy) is 2. The molecule has 0 saturated carbocycles. The first-order valence-electron chi connectivity index (χ1n) is 13.7. The van der Waals surface area contributed by atoms with Crippen molar-refractivity contribution in [3.63, 3.8) is 0 Å². The van der Waals surface area contributed by atoms with Gasteiger partial charge in [-0.25, -0.2) is 17.6 Å². The lowest BCUT2D eigenvalue weighted by molar-refractivity contribution is -0.190. The second-order valence-corrected chi connectivity index (χ2v) is 10.1. The van der Waals surface area contributed by atoms with Gasteiger partial charge in [-0.3, -0.25) is 0 Å². The number of benzene rings is 3. The Bertz CT molecular complexity index is 1200. The van der Waals surface area contributed by atoms with Gasteiger partial charge in [0.05, 0.1) is 13.2 Å². The highest BCUT2D eigenvalue weighted by molar-refractivity contribution is 5.71. The van der Waals surface area contributed by atoms with Gasteiger partial charge in [0.2, 0.25) is 0 Å². The molecule has 1 aliphatic rings. The van der Waals surface area contributed by atoms with Gasteiger partial charge in [0, 0.05) is 17.0 Å². The van der Waals surface area contributed by atoms with Gasteiger partial charge in [0.15, 0.2) is 29.6 Å². The molecule has 1 aliphatic heterocycles. The molecule has 3 aromatic rings. The smallest absolute Gasteiger partial charge is 0.166 e. The molecule has 1 saturated heterocycles. The van der Waals surface area contributed by atoms with Crippen molar-refractivity contribution in [1.82, 2.24) is 0 Å². The summed E-state index contributed by atoms with van der Waals surface area (Å²) < 4.78 is 70.9. The molecule has 3 aromatic carbocycles. The second kappa shape index (κ2) is 13.4. The Morgan fingerprint density at radius 2 is 1.21 bits per heavy atom. The van der Waals surface area contributed by atoms with Crippen LogP contribution >= 0.6 is 0 Å². The lowest BCUT2D eigenvalue weighted by Crippen LogP contribution is -2.31. The van der Waals surface area contributed by atoms with Crippen molar-refractivity contribution in [1.29, 1.82) is 0 Å². The molecule has 0 spiro atoms. The minimum atomic E-state index is -0.950. The molecule has 204 valence electrons. The predicted octanol–water partition coefficient (Wildman–Crippen LogP) is 9.35. The molecule has 1 heterocycles. The maximum atomic E-state index is 15.1. The fraction of sp³-hybridized carbons (Fsp3) is 0.438. The van der Waals surface area contributed by atoms with Crippen LogP contribution in [-0.2, 0) is 15.9 Å². The van der Waals surface area contributed by atoms with Crippen LogP contribution in [0.15, 0.2) is 48.5 Å². The fourth-order valence-corrected chi connectivity index (χ4v) is 5.01. The molecular formula is C32H36F4O2. The zero-order chi connectivity index (χ0) is 27.1. The molecule has 0 radical (unpaired) electrons. The largest absolute Gasteiger partial charge is 0.352 e. The molecule has 0 atom stereocenters. The highest BCUT2D eigenvalue weighted by atomic mass is 19.2. The van der Waals surface area contributed by atoms with Crippen LogP contribution in [0, 0.1) is 23.3 Å². The van der Waals surface area contributed by atoms with Gasteiger partial charge in [-0.2, -0.15) is 0 Å². The van der Waals surface area contributed by atoms with E-state index in [0.29, 0.717) is 29.5 Å². The maximum absolute atomic E-state index is 15.1. The lowest BCUT2D eigenvalue weighted by atomic mass is 9.94. The van der Waals surface area contributed by atoms with Crippen molar-refractivity contribution >= 4 is 0 Å². The van der Waals surface area contributed by atoms with Crippen LogP contribution in [0.25, 0.3) is 22.3 Å². The van der Waals surface area contributed by atoms with Crippen molar-refractivity contribution < 1.29 is 27.0 Å². The number of aryl methyl sites for hydroxylation is 1. The summed E-state index contributed by atoms with van der Waals surface area (Å²) in [5, 5.41) is 0. The minimum absolute atomic E-state index is 0.102.